The minimum absolute atomic E-state index is 0.0314. The van der Waals surface area contributed by atoms with Crippen molar-refractivity contribution in [2.75, 3.05) is 19.8 Å². The Morgan fingerprint density at radius 3 is 2.50 bits per heavy atom. The third-order valence-corrected chi connectivity index (χ3v) is 10.3. The summed E-state index contributed by atoms with van der Waals surface area (Å²) in [7, 11) is 0. The highest BCUT2D eigenvalue weighted by Gasteiger charge is 2.76. The van der Waals surface area contributed by atoms with Crippen molar-refractivity contribution in [1.82, 2.24) is 10.2 Å². The lowest BCUT2D eigenvalue weighted by molar-refractivity contribution is -0.153. The number of aliphatic hydroxyl groups excluding tert-OH is 1. The predicted molar refractivity (Wildman–Crippen MR) is 138 cm³/mol. The van der Waals surface area contributed by atoms with E-state index in [2.05, 4.69) is 42.0 Å². The van der Waals surface area contributed by atoms with E-state index >= 15 is 0 Å². The Kier molecular flexibility index (Phi) is 8.41. The van der Waals surface area contributed by atoms with E-state index in [1.54, 1.807) is 23.6 Å². The van der Waals surface area contributed by atoms with Gasteiger partial charge in [-0.15, -0.1) is 11.8 Å². The van der Waals surface area contributed by atoms with Crippen molar-refractivity contribution in [2.45, 2.75) is 100 Å². The van der Waals surface area contributed by atoms with Crippen LogP contribution in [0.3, 0.4) is 0 Å². The molecule has 0 aromatic carbocycles. The van der Waals surface area contributed by atoms with Crippen molar-refractivity contribution >= 4 is 45.5 Å². The summed E-state index contributed by atoms with van der Waals surface area (Å²) in [6.07, 6.45) is 3.61. The lowest BCUT2D eigenvalue weighted by atomic mass is 9.71. The van der Waals surface area contributed by atoms with Gasteiger partial charge in [-0.25, -0.2) is 0 Å². The molecule has 3 unspecified atom stereocenters. The van der Waals surface area contributed by atoms with Gasteiger partial charge in [-0.2, -0.15) is 0 Å². The van der Waals surface area contributed by atoms with Crippen LogP contribution in [0.4, 0.5) is 0 Å². The van der Waals surface area contributed by atoms with Gasteiger partial charge >= 0.3 is 5.97 Å². The maximum atomic E-state index is 13.9. The first-order valence-corrected chi connectivity index (χ1v) is 14.3. The molecule has 3 fully saturated rings. The van der Waals surface area contributed by atoms with Gasteiger partial charge in [0.05, 0.1) is 23.2 Å². The van der Waals surface area contributed by atoms with Crippen molar-refractivity contribution in [3.05, 3.63) is 0 Å². The molecule has 2 bridgehead atoms. The Balaban J connectivity index is 1.94. The second-order valence-corrected chi connectivity index (χ2v) is 14.6. The van der Waals surface area contributed by atoms with E-state index in [1.807, 2.05) is 13.8 Å². The summed E-state index contributed by atoms with van der Waals surface area (Å²) in [5.41, 5.74) is -0.408. The average molecular weight is 562 g/mol. The fraction of sp³-hybridized carbons (Fsp3) is 0.880. The van der Waals surface area contributed by atoms with Crippen LogP contribution in [0.2, 0.25) is 0 Å². The fourth-order valence-corrected chi connectivity index (χ4v) is 10.1. The first kappa shape index (κ1) is 27.8. The number of hydrogen-bond acceptors (Lipinski definition) is 6. The van der Waals surface area contributed by atoms with Crippen LogP contribution >= 0.6 is 27.7 Å². The summed E-state index contributed by atoms with van der Waals surface area (Å²) in [6.45, 7) is 13.1. The normalized spacial score (nSPS) is 32.8. The molecule has 9 heteroatoms. The highest BCUT2D eigenvalue weighted by atomic mass is 79.9. The number of ether oxygens (including phenoxy) is 1. The zero-order valence-electron chi connectivity index (χ0n) is 21.4. The van der Waals surface area contributed by atoms with Crippen molar-refractivity contribution in [3.8, 4) is 0 Å². The summed E-state index contributed by atoms with van der Waals surface area (Å²) in [6, 6.07) is -0.632. The van der Waals surface area contributed by atoms with Crippen LogP contribution < -0.4 is 5.32 Å². The second-order valence-electron chi connectivity index (χ2n) is 11.8. The SMILES string of the molecule is CCOC(=O)[C@H]1[C@@H]2SC3(CC2Br)C(C(=O)NC(C)(C)CC(C)(C)C)N(CCCCCO)C(=O)[C@H]13. The van der Waals surface area contributed by atoms with Crippen molar-refractivity contribution in [1.29, 1.82) is 0 Å². The number of thioether (sulfide) groups is 1. The van der Waals surface area contributed by atoms with Gasteiger partial charge in [0.1, 0.15) is 6.04 Å². The van der Waals surface area contributed by atoms with Gasteiger partial charge in [-0.1, -0.05) is 36.7 Å². The molecule has 2 amide bonds. The molecular weight excluding hydrogens is 520 g/mol. The number of halogens is 1. The molecule has 0 aromatic rings. The van der Waals surface area contributed by atoms with Gasteiger partial charge in [0.15, 0.2) is 0 Å². The Hall–Kier alpha value is -0.800. The number of carbonyl (C=O) groups excluding carboxylic acids is 3. The fourth-order valence-electron chi connectivity index (χ4n) is 6.52. The number of nitrogens with one attached hydrogen (secondary N) is 1. The molecule has 3 heterocycles. The van der Waals surface area contributed by atoms with Crippen molar-refractivity contribution in [2.24, 2.45) is 17.3 Å². The second kappa shape index (κ2) is 10.3. The number of amides is 2. The summed E-state index contributed by atoms with van der Waals surface area (Å²) >= 11 is 5.40. The number of aliphatic hydroxyl groups is 1. The first-order chi connectivity index (χ1) is 15.8. The highest BCUT2D eigenvalue weighted by molar-refractivity contribution is 9.09. The van der Waals surface area contributed by atoms with Crippen LogP contribution in [0, 0.1) is 17.3 Å². The molecule has 1 spiro atoms. The van der Waals surface area contributed by atoms with Crippen LogP contribution in [0.5, 0.6) is 0 Å². The van der Waals surface area contributed by atoms with Crippen LogP contribution in [0.25, 0.3) is 0 Å². The quantitative estimate of drug-likeness (QED) is 0.241. The number of nitrogens with zero attached hydrogens (tertiary/aromatic N) is 1. The summed E-state index contributed by atoms with van der Waals surface area (Å²) in [5, 5.41) is 12.3. The molecule has 34 heavy (non-hydrogen) atoms. The number of carbonyl (C=O) groups is 3. The van der Waals surface area contributed by atoms with Crippen LogP contribution in [-0.4, -0.2) is 74.0 Å². The maximum Gasteiger partial charge on any atom is 0.310 e. The van der Waals surface area contributed by atoms with Gasteiger partial charge in [0.25, 0.3) is 0 Å². The lowest BCUT2D eigenvalue weighted by Crippen LogP contribution is -2.58. The molecule has 3 saturated heterocycles. The predicted octanol–water partition coefficient (Wildman–Crippen LogP) is 3.51. The van der Waals surface area contributed by atoms with Crippen LogP contribution in [0.1, 0.15) is 73.6 Å². The zero-order valence-corrected chi connectivity index (χ0v) is 23.8. The highest BCUT2D eigenvalue weighted by Crippen LogP contribution is 2.67. The van der Waals surface area contributed by atoms with Gasteiger partial charge in [0, 0.05) is 28.8 Å². The number of alkyl halides is 1. The summed E-state index contributed by atoms with van der Waals surface area (Å²) < 4.78 is 4.74. The van der Waals surface area contributed by atoms with Crippen LogP contribution in [-0.2, 0) is 19.1 Å². The van der Waals surface area contributed by atoms with E-state index < -0.39 is 28.2 Å². The molecule has 0 saturated carbocycles. The van der Waals surface area contributed by atoms with Gasteiger partial charge < -0.3 is 20.1 Å². The molecule has 0 aromatic heterocycles. The van der Waals surface area contributed by atoms with Gasteiger partial charge in [-0.05, 0) is 58.3 Å². The standard InChI is InChI=1S/C25H41BrN2O5S/c1-7-33-22(32)16-17-21(31)28(11-9-8-10-12-29)19(25(17)13-15(26)18(16)34-25)20(30)27-24(5,6)14-23(2,3)4/h15-19,29H,7-14H2,1-6H3,(H,27,30)/t15?,16-,17+,18-,19?,25?/m1/s1. The number of fused-ring (bicyclic) bond motifs is 1. The molecule has 0 aliphatic carbocycles. The molecule has 3 aliphatic rings. The monoisotopic (exact) mass is 560 g/mol. The molecule has 3 aliphatic heterocycles. The molecular formula is C25H41BrN2O5S. The first-order valence-electron chi connectivity index (χ1n) is 12.5. The number of unbranched alkanes of at least 4 members (excludes halogenated alkanes) is 2. The Labute approximate surface area is 216 Å². The molecule has 3 rings (SSSR count). The van der Waals surface area contributed by atoms with Gasteiger partial charge in [-0.3, -0.25) is 14.4 Å². The van der Waals surface area contributed by atoms with E-state index in [0.717, 1.165) is 12.8 Å². The Morgan fingerprint density at radius 1 is 1.24 bits per heavy atom. The van der Waals surface area contributed by atoms with Gasteiger partial charge in [0.2, 0.25) is 11.8 Å². The molecule has 2 N–H and O–H groups in total. The van der Waals surface area contributed by atoms with E-state index in [4.69, 9.17) is 9.84 Å². The molecule has 194 valence electrons. The molecule has 0 radical (unpaired) electrons. The number of rotatable bonds is 10. The molecule has 6 atom stereocenters. The Morgan fingerprint density at radius 2 is 1.91 bits per heavy atom. The smallest absolute Gasteiger partial charge is 0.310 e. The van der Waals surface area contributed by atoms with Crippen molar-refractivity contribution in [3.63, 3.8) is 0 Å². The Bertz CT molecular complexity index is 801. The third-order valence-electron chi connectivity index (χ3n) is 7.09. The number of likely N-dealkylation sites (tertiary alicyclic amines) is 1. The number of hydrogen-bond donors (Lipinski definition) is 2. The molecule has 7 nitrogen and oxygen atoms in total. The minimum atomic E-state index is -0.647. The lowest BCUT2D eigenvalue weighted by Gasteiger charge is -2.39. The van der Waals surface area contributed by atoms with E-state index in [1.165, 1.54) is 0 Å². The summed E-state index contributed by atoms with van der Waals surface area (Å²) in [5.74, 6) is -1.67. The van der Waals surface area contributed by atoms with E-state index in [0.29, 0.717) is 25.8 Å². The van der Waals surface area contributed by atoms with Crippen molar-refractivity contribution < 1.29 is 24.2 Å². The minimum Gasteiger partial charge on any atom is -0.466 e. The zero-order chi connectivity index (χ0) is 25.5. The number of esters is 1. The van der Waals surface area contributed by atoms with E-state index in [9.17, 15) is 14.4 Å². The van der Waals surface area contributed by atoms with E-state index in [-0.39, 0.29) is 46.5 Å². The maximum absolute atomic E-state index is 13.9. The largest absolute Gasteiger partial charge is 0.466 e. The third kappa shape index (κ3) is 5.31. The topological polar surface area (TPSA) is 95.9 Å². The summed E-state index contributed by atoms with van der Waals surface area (Å²) in [4.78, 5) is 42.5. The van der Waals surface area contributed by atoms with Crippen LogP contribution in [0.15, 0.2) is 0 Å². The average Bonchev–Trinajstić information content (AvgIpc) is 3.26.